The van der Waals surface area contributed by atoms with E-state index in [-0.39, 0.29) is 12.5 Å². The van der Waals surface area contributed by atoms with Crippen molar-refractivity contribution in [3.05, 3.63) is 96.6 Å². The highest BCUT2D eigenvalue weighted by Crippen LogP contribution is 2.21. The number of benzene rings is 3. The van der Waals surface area contributed by atoms with E-state index in [1.54, 1.807) is 36.4 Å². The van der Waals surface area contributed by atoms with Crippen LogP contribution in [0.3, 0.4) is 0 Å². The second-order valence-electron chi connectivity index (χ2n) is 7.08. The largest absolute Gasteiger partial charge is 0.494 e. The predicted molar refractivity (Wildman–Crippen MR) is 127 cm³/mol. The van der Waals surface area contributed by atoms with Crippen LogP contribution < -0.4 is 18.9 Å². The summed E-state index contributed by atoms with van der Waals surface area (Å²) in [6, 6.07) is 18.9. The molecule has 3 rings (SSSR count). The molecule has 0 N–H and O–H groups in total. The SMILES string of the molecule is C=CC(=O)OCOc1ccc(C(=O)Oc2ccc(OC(=O)c3ccc(OCCC)cc3)cc2)cc1. The number of carbonyl (C=O) groups excluding carboxylic acids is 3. The molecular formula is C27H24O8. The van der Waals surface area contributed by atoms with Crippen molar-refractivity contribution in [1.82, 2.24) is 0 Å². The van der Waals surface area contributed by atoms with Gasteiger partial charge in [0, 0.05) is 6.08 Å². The first kappa shape index (κ1) is 25.0. The van der Waals surface area contributed by atoms with Crippen LogP contribution in [0.2, 0.25) is 0 Å². The highest BCUT2D eigenvalue weighted by atomic mass is 16.7. The quantitative estimate of drug-likeness (QED) is 0.165. The minimum absolute atomic E-state index is 0.274. The minimum Gasteiger partial charge on any atom is -0.494 e. The molecule has 0 unspecified atom stereocenters. The summed E-state index contributed by atoms with van der Waals surface area (Å²) in [5.41, 5.74) is 0.679. The van der Waals surface area contributed by atoms with E-state index in [0.717, 1.165) is 12.5 Å². The van der Waals surface area contributed by atoms with Gasteiger partial charge in [0.05, 0.1) is 17.7 Å². The number of rotatable bonds is 11. The Hall–Kier alpha value is -4.59. The topological polar surface area (TPSA) is 97.4 Å². The van der Waals surface area contributed by atoms with Gasteiger partial charge in [-0.25, -0.2) is 14.4 Å². The molecule has 0 heterocycles. The summed E-state index contributed by atoms with van der Waals surface area (Å²) in [6.07, 6.45) is 1.93. The van der Waals surface area contributed by atoms with Gasteiger partial charge in [-0.05, 0) is 79.2 Å². The van der Waals surface area contributed by atoms with Crippen molar-refractivity contribution in [2.24, 2.45) is 0 Å². The number of carbonyl (C=O) groups is 3. The Bertz CT molecular complexity index is 1150. The lowest BCUT2D eigenvalue weighted by atomic mass is 10.2. The second kappa shape index (κ2) is 12.6. The Labute approximate surface area is 202 Å². The summed E-state index contributed by atoms with van der Waals surface area (Å²) in [4.78, 5) is 35.7. The van der Waals surface area contributed by atoms with Crippen molar-refractivity contribution >= 4 is 17.9 Å². The third kappa shape index (κ3) is 7.75. The molecule has 8 heteroatoms. The molecule has 3 aromatic rings. The van der Waals surface area contributed by atoms with Gasteiger partial charge in [-0.1, -0.05) is 13.5 Å². The fourth-order valence-corrected chi connectivity index (χ4v) is 2.72. The van der Waals surface area contributed by atoms with Gasteiger partial charge < -0.3 is 23.7 Å². The van der Waals surface area contributed by atoms with E-state index < -0.39 is 17.9 Å². The van der Waals surface area contributed by atoms with Crippen LogP contribution in [-0.4, -0.2) is 31.3 Å². The van der Waals surface area contributed by atoms with Crippen LogP contribution in [0.25, 0.3) is 0 Å². The summed E-state index contributed by atoms with van der Waals surface area (Å²) in [5, 5.41) is 0. The number of esters is 3. The Morgan fingerprint density at radius 2 is 1.11 bits per heavy atom. The van der Waals surface area contributed by atoms with Crippen molar-refractivity contribution in [2.75, 3.05) is 13.4 Å². The third-order valence-corrected chi connectivity index (χ3v) is 4.49. The molecule has 0 bridgehead atoms. The summed E-state index contributed by atoms with van der Waals surface area (Å²) in [5.74, 6) is -0.0113. The molecule has 0 saturated carbocycles. The Balaban J connectivity index is 1.50. The first-order valence-electron chi connectivity index (χ1n) is 10.8. The van der Waals surface area contributed by atoms with E-state index in [2.05, 4.69) is 6.58 Å². The molecule has 0 radical (unpaired) electrons. The molecule has 0 aromatic heterocycles. The molecule has 3 aromatic carbocycles. The molecule has 0 aliphatic heterocycles. The van der Waals surface area contributed by atoms with Crippen LogP contribution in [0, 0.1) is 0 Å². The number of hydrogen-bond donors (Lipinski definition) is 0. The maximum absolute atomic E-state index is 12.4. The van der Waals surface area contributed by atoms with Crippen LogP contribution in [0.5, 0.6) is 23.0 Å². The van der Waals surface area contributed by atoms with E-state index >= 15 is 0 Å². The van der Waals surface area contributed by atoms with Gasteiger partial charge >= 0.3 is 17.9 Å². The maximum atomic E-state index is 12.4. The lowest BCUT2D eigenvalue weighted by molar-refractivity contribution is -0.144. The van der Waals surface area contributed by atoms with E-state index in [4.69, 9.17) is 23.7 Å². The normalized spacial score (nSPS) is 10.1. The first-order valence-corrected chi connectivity index (χ1v) is 10.8. The standard InChI is InChI=1S/C27H24O8/c1-3-17-31-21-9-5-19(6-10-21)26(29)34-23-13-15-24(16-14-23)35-27(30)20-7-11-22(12-8-20)32-18-33-25(28)4-2/h4-16H,2-3,17-18H2,1H3. The highest BCUT2D eigenvalue weighted by Gasteiger charge is 2.12. The Kier molecular flexibility index (Phi) is 9.01. The molecule has 0 spiro atoms. The fraction of sp³-hybridized carbons (Fsp3) is 0.148. The number of ether oxygens (including phenoxy) is 5. The van der Waals surface area contributed by atoms with Crippen molar-refractivity contribution in [3.63, 3.8) is 0 Å². The van der Waals surface area contributed by atoms with Crippen molar-refractivity contribution < 1.29 is 38.1 Å². The molecule has 35 heavy (non-hydrogen) atoms. The van der Waals surface area contributed by atoms with E-state index in [1.807, 2.05) is 6.92 Å². The Morgan fingerprint density at radius 3 is 1.54 bits per heavy atom. The molecule has 0 aliphatic carbocycles. The zero-order valence-corrected chi connectivity index (χ0v) is 19.1. The maximum Gasteiger partial charge on any atom is 0.343 e. The zero-order chi connectivity index (χ0) is 25.0. The van der Waals surface area contributed by atoms with Crippen LogP contribution in [0.15, 0.2) is 85.5 Å². The molecule has 0 aliphatic rings. The van der Waals surface area contributed by atoms with E-state index in [0.29, 0.717) is 35.0 Å². The molecule has 180 valence electrons. The van der Waals surface area contributed by atoms with E-state index in [1.165, 1.54) is 36.4 Å². The summed E-state index contributed by atoms with van der Waals surface area (Å²) in [7, 11) is 0. The minimum atomic E-state index is -0.599. The average Bonchev–Trinajstić information content (AvgIpc) is 2.89. The van der Waals surface area contributed by atoms with Crippen LogP contribution in [0.1, 0.15) is 34.1 Å². The fourth-order valence-electron chi connectivity index (χ4n) is 2.72. The van der Waals surface area contributed by atoms with Gasteiger partial charge in [-0.2, -0.15) is 0 Å². The van der Waals surface area contributed by atoms with Crippen molar-refractivity contribution in [3.8, 4) is 23.0 Å². The van der Waals surface area contributed by atoms with Gasteiger partial charge in [0.1, 0.15) is 23.0 Å². The average molecular weight is 476 g/mol. The lowest BCUT2D eigenvalue weighted by Gasteiger charge is -2.09. The van der Waals surface area contributed by atoms with Crippen LogP contribution in [-0.2, 0) is 9.53 Å². The molecule has 0 fully saturated rings. The summed E-state index contributed by atoms with van der Waals surface area (Å²) >= 11 is 0. The van der Waals surface area contributed by atoms with Gasteiger partial charge in [0.2, 0.25) is 6.79 Å². The molecule has 0 saturated heterocycles. The van der Waals surface area contributed by atoms with Gasteiger partial charge in [0.15, 0.2) is 0 Å². The molecular weight excluding hydrogens is 452 g/mol. The predicted octanol–water partition coefficient (Wildman–Crippen LogP) is 4.98. The Morgan fingerprint density at radius 1 is 0.686 bits per heavy atom. The van der Waals surface area contributed by atoms with Crippen molar-refractivity contribution in [1.29, 1.82) is 0 Å². The first-order chi connectivity index (χ1) is 17.0. The third-order valence-electron chi connectivity index (χ3n) is 4.49. The van der Waals surface area contributed by atoms with Gasteiger partial charge in [-0.15, -0.1) is 0 Å². The van der Waals surface area contributed by atoms with E-state index in [9.17, 15) is 14.4 Å². The molecule has 8 nitrogen and oxygen atoms in total. The monoisotopic (exact) mass is 476 g/mol. The zero-order valence-electron chi connectivity index (χ0n) is 19.1. The smallest absolute Gasteiger partial charge is 0.343 e. The van der Waals surface area contributed by atoms with Gasteiger partial charge in [-0.3, -0.25) is 0 Å². The summed E-state index contributed by atoms with van der Waals surface area (Å²) < 4.78 is 26.2. The second-order valence-corrected chi connectivity index (χ2v) is 7.08. The van der Waals surface area contributed by atoms with Crippen LogP contribution in [0.4, 0.5) is 0 Å². The number of hydrogen-bond acceptors (Lipinski definition) is 8. The van der Waals surface area contributed by atoms with Crippen molar-refractivity contribution in [2.45, 2.75) is 13.3 Å². The molecule has 0 atom stereocenters. The lowest BCUT2D eigenvalue weighted by Crippen LogP contribution is -2.10. The van der Waals surface area contributed by atoms with Crippen LogP contribution >= 0.6 is 0 Å². The highest BCUT2D eigenvalue weighted by molar-refractivity contribution is 5.92. The molecule has 0 amide bonds. The van der Waals surface area contributed by atoms with Gasteiger partial charge in [0.25, 0.3) is 0 Å². The summed E-state index contributed by atoms with van der Waals surface area (Å²) in [6.45, 7) is 5.63.